The molecule has 4 heterocycles. The summed E-state index contributed by atoms with van der Waals surface area (Å²) in [6.45, 7) is 4.06. The number of imidazole rings is 1. The maximum Gasteiger partial charge on any atom is 0.162 e. The molecule has 0 unspecified atom stereocenters. The van der Waals surface area contributed by atoms with E-state index in [1.54, 1.807) is 0 Å². The predicted molar refractivity (Wildman–Crippen MR) is 122 cm³/mol. The molecule has 1 atom stereocenters. The van der Waals surface area contributed by atoms with Gasteiger partial charge in [0.15, 0.2) is 11.5 Å². The Morgan fingerprint density at radius 3 is 2.91 bits per heavy atom. The molecular weight excluding hydrogens is 404 g/mol. The summed E-state index contributed by atoms with van der Waals surface area (Å²) in [5.41, 5.74) is 4.72. The molecular formula is C25H26N4O3. The number of hydrogen-bond acceptors (Lipinski definition) is 5. The van der Waals surface area contributed by atoms with Crippen molar-refractivity contribution < 1.29 is 14.2 Å². The highest BCUT2D eigenvalue weighted by Gasteiger charge is 2.23. The monoisotopic (exact) mass is 430 g/mol. The van der Waals surface area contributed by atoms with E-state index in [-0.39, 0.29) is 6.10 Å². The van der Waals surface area contributed by atoms with Gasteiger partial charge in [0, 0.05) is 42.8 Å². The minimum absolute atomic E-state index is 0.0858. The molecule has 0 aliphatic carbocycles. The van der Waals surface area contributed by atoms with E-state index in [1.807, 2.05) is 18.3 Å². The lowest BCUT2D eigenvalue weighted by Crippen LogP contribution is -2.36. The Bertz CT molecular complexity index is 1280. The number of ether oxygens (including phenoxy) is 3. The van der Waals surface area contributed by atoms with Crippen LogP contribution in [0.15, 0.2) is 54.9 Å². The van der Waals surface area contributed by atoms with Crippen LogP contribution in [0.25, 0.3) is 22.2 Å². The highest BCUT2D eigenvalue weighted by molar-refractivity contribution is 5.83. The number of aryl methyl sites for hydroxylation is 1. The maximum atomic E-state index is 6.08. The van der Waals surface area contributed by atoms with Crippen molar-refractivity contribution in [3.63, 3.8) is 0 Å². The van der Waals surface area contributed by atoms with Gasteiger partial charge in [-0.25, -0.2) is 4.98 Å². The summed E-state index contributed by atoms with van der Waals surface area (Å²) in [6, 6.07) is 14.6. The first kappa shape index (κ1) is 19.4. The number of nitrogens with zero attached hydrogens (tertiary/aromatic N) is 3. The van der Waals surface area contributed by atoms with Gasteiger partial charge in [0.2, 0.25) is 0 Å². The fourth-order valence-electron chi connectivity index (χ4n) is 4.67. The second-order valence-corrected chi connectivity index (χ2v) is 8.38. The first-order valence-electron chi connectivity index (χ1n) is 11.1. The van der Waals surface area contributed by atoms with E-state index in [0.717, 1.165) is 48.2 Å². The molecule has 32 heavy (non-hydrogen) atoms. The topological polar surface area (TPSA) is 62.5 Å². The van der Waals surface area contributed by atoms with Gasteiger partial charge in [0.25, 0.3) is 0 Å². The lowest BCUT2D eigenvalue weighted by molar-refractivity contribution is 0.00327. The van der Waals surface area contributed by atoms with Crippen LogP contribution in [0, 0.1) is 0 Å². The zero-order valence-electron chi connectivity index (χ0n) is 18.1. The summed E-state index contributed by atoms with van der Waals surface area (Å²) < 4.78 is 21.9. The molecule has 7 heteroatoms. The van der Waals surface area contributed by atoms with Crippen LogP contribution in [-0.2, 0) is 31.5 Å². The Morgan fingerprint density at radius 2 is 1.97 bits per heavy atom. The molecule has 2 aliphatic rings. The highest BCUT2D eigenvalue weighted by Crippen LogP contribution is 2.35. The second kappa shape index (κ2) is 8.00. The van der Waals surface area contributed by atoms with Gasteiger partial charge in [-0.1, -0.05) is 18.2 Å². The quantitative estimate of drug-likeness (QED) is 0.525. The zero-order chi connectivity index (χ0) is 21.5. The second-order valence-electron chi connectivity index (χ2n) is 8.38. The van der Waals surface area contributed by atoms with Crippen molar-refractivity contribution in [2.45, 2.75) is 25.8 Å². The van der Waals surface area contributed by atoms with Crippen LogP contribution in [0.1, 0.15) is 11.4 Å². The van der Waals surface area contributed by atoms with Gasteiger partial charge >= 0.3 is 0 Å². The van der Waals surface area contributed by atoms with Crippen molar-refractivity contribution >= 4 is 10.9 Å². The Kier molecular flexibility index (Phi) is 4.85. The molecule has 0 amide bonds. The minimum Gasteiger partial charge on any atom is -0.486 e. The summed E-state index contributed by atoms with van der Waals surface area (Å²) in [5.74, 6) is 2.56. The molecule has 0 saturated heterocycles. The number of aromatic nitrogens is 3. The van der Waals surface area contributed by atoms with Gasteiger partial charge < -0.3 is 28.7 Å². The van der Waals surface area contributed by atoms with E-state index >= 15 is 0 Å². The lowest BCUT2D eigenvalue weighted by Gasteiger charge is -2.26. The molecule has 2 aromatic heterocycles. The molecule has 4 aromatic rings. The minimum atomic E-state index is 0.0858. The van der Waals surface area contributed by atoms with E-state index in [1.165, 1.54) is 16.5 Å². The molecule has 7 nitrogen and oxygen atoms in total. The standard InChI is InChI=1S/C25H26N4O3/c1-28-14-18(20-4-2-3-5-21(20)28)11-26-12-19-15-29-22(13-27-25(29)16-32-19)17-6-7-23-24(10-17)31-9-8-30-23/h2-7,10,13-14,19,26H,8-9,11-12,15-16H2,1H3/t19-/m0/s1. The third-order valence-electron chi connectivity index (χ3n) is 6.28. The number of hydrogen-bond donors (Lipinski definition) is 1. The normalized spacial score (nSPS) is 17.5. The third kappa shape index (κ3) is 3.43. The molecule has 1 N–H and O–H groups in total. The average Bonchev–Trinajstić information content (AvgIpc) is 3.40. The number of nitrogens with one attached hydrogen (secondary N) is 1. The summed E-state index contributed by atoms with van der Waals surface area (Å²) in [4.78, 5) is 4.59. The zero-order valence-corrected chi connectivity index (χ0v) is 18.1. The van der Waals surface area contributed by atoms with E-state index < -0.39 is 0 Å². The van der Waals surface area contributed by atoms with Crippen LogP contribution in [0.4, 0.5) is 0 Å². The largest absolute Gasteiger partial charge is 0.486 e. The third-order valence-corrected chi connectivity index (χ3v) is 6.28. The van der Waals surface area contributed by atoms with Crippen molar-refractivity contribution in [1.29, 1.82) is 0 Å². The Morgan fingerprint density at radius 1 is 1.09 bits per heavy atom. The molecule has 0 fully saturated rings. The first-order valence-corrected chi connectivity index (χ1v) is 11.1. The fraction of sp³-hybridized carbons (Fsp3) is 0.320. The number of rotatable bonds is 5. The molecule has 0 spiro atoms. The van der Waals surface area contributed by atoms with Crippen molar-refractivity contribution in [3.05, 3.63) is 66.2 Å². The van der Waals surface area contributed by atoms with Crippen LogP contribution < -0.4 is 14.8 Å². The van der Waals surface area contributed by atoms with Crippen molar-refractivity contribution in [2.75, 3.05) is 19.8 Å². The van der Waals surface area contributed by atoms with Gasteiger partial charge in [-0.2, -0.15) is 0 Å². The molecule has 2 aliphatic heterocycles. The van der Waals surface area contributed by atoms with Gasteiger partial charge in [-0.3, -0.25) is 0 Å². The molecule has 164 valence electrons. The smallest absolute Gasteiger partial charge is 0.162 e. The van der Waals surface area contributed by atoms with Gasteiger partial charge in [0.1, 0.15) is 25.6 Å². The number of fused-ring (bicyclic) bond motifs is 3. The molecule has 2 aromatic carbocycles. The molecule has 0 bridgehead atoms. The Hall–Kier alpha value is -3.29. The first-order chi connectivity index (χ1) is 15.8. The molecule has 0 saturated carbocycles. The van der Waals surface area contributed by atoms with Crippen LogP contribution in [0.2, 0.25) is 0 Å². The van der Waals surface area contributed by atoms with Crippen LogP contribution in [0.5, 0.6) is 11.5 Å². The van der Waals surface area contributed by atoms with Gasteiger partial charge in [0.05, 0.1) is 24.5 Å². The SMILES string of the molecule is Cn1cc(CNC[C@H]2Cn3c(-c4ccc5c(c4)OCCO5)cnc3CO2)c2ccccc21. The number of para-hydroxylation sites is 1. The summed E-state index contributed by atoms with van der Waals surface area (Å²) in [5, 5.41) is 4.89. The van der Waals surface area contributed by atoms with Crippen LogP contribution in [-0.4, -0.2) is 40.0 Å². The van der Waals surface area contributed by atoms with Gasteiger partial charge in [-0.15, -0.1) is 0 Å². The predicted octanol–water partition coefficient (Wildman–Crippen LogP) is 3.50. The molecule has 6 rings (SSSR count). The highest BCUT2D eigenvalue weighted by atomic mass is 16.6. The lowest BCUT2D eigenvalue weighted by atomic mass is 10.1. The van der Waals surface area contributed by atoms with Crippen LogP contribution in [0.3, 0.4) is 0 Å². The Labute approximate surface area is 186 Å². The van der Waals surface area contributed by atoms with Crippen molar-refractivity contribution in [3.8, 4) is 22.8 Å². The van der Waals surface area contributed by atoms with Crippen LogP contribution >= 0.6 is 0 Å². The van der Waals surface area contributed by atoms with E-state index in [4.69, 9.17) is 14.2 Å². The Balaban J connectivity index is 1.15. The van der Waals surface area contributed by atoms with Gasteiger partial charge in [-0.05, 0) is 29.8 Å². The number of benzene rings is 2. The summed E-state index contributed by atoms with van der Waals surface area (Å²) in [7, 11) is 2.09. The summed E-state index contributed by atoms with van der Waals surface area (Å²) in [6.07, 6.45) is 4.21. The van der Waals surface area contributed by atoms with E-state index in [2.05, 4.69) is 63.0 Å². The van der Waals surface area contributed by atoms with Crippen molar-refractivity contribution in [2.24, 2.45) is 7.05 Å². The van der Waals surface area contributed by atoms with E-state index in [9.17, 15) is 0 Å². The summed E-state index contributed by atoms with van der Waals surface area (Å²) >= 11 is 0. The van der Waals surface area contributed by atoms with Crippen molar-refractivity contribution in [1.82, 2.24) is 19.4 Å². The average molecular weight is 431 g/mol. The maximum absolute atomic E-state index is 6.08. The fourth-order valence-corrected chi connectivity index (χ4v) is 4.67. The van der Waals surface area contributed by atoms with E-state index in [0.29, 0.717) is 19.8 Å². The molecule has 0 radical (unpaired) electrons.